The minimum Gasteiger partial charge on any atom is -0.444 e. The first kappa shape index (κ1) is 24.8. The molecule has 0 radical (unpaired) electrons. The fraction of sp³-hybridized carbons (Fsp3) is 0.636. The molecule has 7 nitrogen and oxygen atoms in total. The number of carbonyl (C=O) groups excluding carboxylic acids is 1. The van der Waals surface area contributed by atoms with Gasteiger partial charge in [-0.15, -0.1) is 0 Å². The van der Waals surface area contributed by atoms with Gasteiger partial charge in [0, 0.05) is 39.0 Å². The summed E-state index contributed by atoms with van der Waals surface area (Å²) in [5, 5.41) is 9.39. The number of unbranched alkanes of at least 4 members (excludes halogenated alkanes) is 2. The van der Waals surface area contributed by atoms with Crippen LogP contribution in [0, 0.1) is 0 Å². The van der Waals surface area contributed by atoms with Crippen molar-refractivity contribution in [1.29, 1.82) is 0 Å². The van der Waals surface area contributed by atoms with Crippen molar-refractivity contribution < 1.29 is 14.3 Å². The first-order valence-electron chi connectivity index (χ1n) is 10.4. The summed E-state index contributed by atoms with van der Waals surface area (Å²) in [7, 11) is 1.73. The summed E-state index contributed by atoms with van der Waals surface area (Å²) in [5.41, 5.74) is 1.40. The Bertz CT molecular complexity index is 609. The summed E-state index contributed by atoms with van der Waals surface area (Å²) < 4.78 is 10.3. The van der Waals surface area contributed by atoms with Crippen LogP contribution in [0.3, 0.4) is 0 Å². The molecule has 0 fully saturated rings. The van der Waals surface area contributed by atoms with Crippen molar-refractivity contribution >= 4 is 17.7 Å². The molecule has 0 bridgehead atoms. The van der Waals surface area contributed by atoms with Gasteiger partial charge in [0.05, 0.1) is 0 Å². The molecule has 0 aliphatic carbocycles. The van der Waals surface area contributed by atoms with E-state index >= 15 is 0 Å². The van der Waals surface area contributed by atoms with Gasteiger partial charge in [-0.25, -0.2) is 4.79 Å². The van der Waals surface area contributed by atoms with E-state index in [0.29, 0.717) is 0 Å². The minimum absolute atomic E-state index is 0.444. The number of carbonyl (C=O) groups is 1. The van der Waals surface area contributed by atoms with Crippen molar-refractivity contribution in [1.82, 2.24) is 10.6 Å². The van der Waals surface area contributed by atoms with Crippen LogP contribution in [0.2, 0.25) is 0 Å². The Morgan fingerprint density at radius 1 is 1.07 bits per heavy atom. The molecule has 0 atom stereocenters. The molecule has 3 N–H and O–H groups in total. The van der Waals surface area contributed by atoms with Crippen LogP contribution in [-0.2, 0) is 15.9 Å². The Morgan fingerprint density at radius 3 is 2.41 bits per heavy atom. The first-order valence-corrected chi connectivity index (χ1v) is 10.4. The number of methoxy groups -OCH3 is 1. The molecule has 0 aliphatic heterocycles. The maximum atomic E-state index is 11.8. The Morgan fingerprint density at radius 2 is 1.79 bits per heavy atom. The number of anilines is 1. The van der Waals surface area contributed by atoms with Crippen LogP contribution in [0.5, 0.6) is 0 Å². The van der Waals surface area contributed by atoms with Crippen LogP contribution in [0.4, 0.5) is 10.5 Å². The third-order valence-corrected chi connectivity index (χ3v) is 3.93. The number of aliphatic imine (C=N–C) groups is 1. The maximum Gasteiger partial charge on any atom is 0.412 e. The largest absolute Gasteiger partial charge is 0.444 e. The summed E-state index contributed by atoms with van der Waals surface area (Å²) in [6, 6.07) is 7.79. The molecule has 0 unspecified atom stereocenters. The molecule has 1 aromatic carbocycles. The normalized spacial score (nSPS) is 11.8. The van der Waals surface area contributed by atoms with Gasteiger partial charge < -0.3 is 20.1 Å². The van der Waals surface area contributed by atoms with Crippen LogP contribution in [0.25, 0.3) is 0 Å². The minimum atomic E-state index is -0.509. The fourth-order valence-electron chi connectivity index (χ4n) is 2.57. The van der Waals surface area contributed by atoms with Gasteiger partial charge in [-0.3, -0.25) is 10.3 Å². The second kappa shape index (κ2) is 13.8. The molecule has 29 heavy (non-hydrogen) atoms. The molecule has 1 amide bonds. The van der Waals surface area contributed by atoms with Gasteiger partial charge in [0.15, 0.2) is 5.96 Å². The van der Waals surface area contributed by atoms with Crippen LogP contribution >= 0.6 is 0 Å². The van der Waals surface area contributed by atoms with Gasteiger partial charge in [-0.05, 0) is 71.1 Å². The Balaban J connectivity index is 2.38. The smallest absolute Gasteiger partial charge is 0.412 e. The number of hydrogen-bond acceptors (Lipinski definition) is 4. The number of hydrogen-bond donors (Lipinski definition) is 3. The molecular formula is C22H38N4O3. The number of nitrogens with zero attached hydrogens (tertiary/aromatic N) is 1. The Hall–Kier alpha value is -2.28. The number of nitrogens with one attached hydrogen (secondary N) is 3. The quantitative estimate of drug-likeness (QED) is 0.294. The topological polar surface area (TPSA) is 84.0 Å². The summed E-state index contributed by atoms with van der Waals surface area (Å²) >= 11 is 0. The van der Waals surface area contributed by atoms with E-state index in [0.717, 1.165) is 63.6 Å². The molecule has 0 saturated heterocycles. The van der Waals surface area contributed by atoms with E-state index in [1.807, 2.05) is 45.0 Å². The van der Waals surface area contributed by atoms with E-state index in [1.54, 1.807) is 7.11 Å². The zero-order valence-electron chi connectivity index (χ0n) is 18.6. The van der Waals surface area contributed by atoms with Crippen LogP contribution in [0.15, 0.2) is 29.3 Å². The molecule has 0 aliphatic rings. The zero-order valence-corrected chi connectivity index (χ0v) is 18.6. The van der Waals surface area contributed by atoms with E-state index in [4.69, 9.17) is 9.47 Å². The molecule has 164 valence electrons. The molecule has 0 heterocycles. The van der Waals surface area contributed by atoms with Crippen molar-refractivity contribution in [2.24, 2.45) is 4.99 Å². The highest BCUT2D eigenvalue weighted by molar-refractivity contribution is 5.84. The van der Waals surface area contributed by atoms with Crippen molar-refractivity contribution in [2.45, 2.75) is 59.0 Å². The molecular weight excluding hydrogens is 368 g/mol. The highest BCUT2D eigenvalue weighted by Gasteiger charge is 2.16. The third kappa shape index (κ3) is 12.7. The lowest BCUT2D eigenvalue weighted by Crippen LogP contribution is -2.38. The molecule has 1 aromatic rings. The van der Waals surface area contributed by atoms with Crippen LogP contribution in [0.1, 0.15) is 52.5 Å². The average molecular weight is 407 g/mol. The lowest BCUT2D eigenvalue weighted by atomic mass is 10.1. The second-order valence-corrected chi connectivity index (χ2v) is 7.81. The van der Waals surface area contributed by atoms with Gasteiger partial charge in [0.1, 0.15) is 5.60 Å². The van der Waals surface area contributed by atoms with Gasteiger partial charge in [0.2, 0.25) is 0 Å². The average Bonchev–Trinajstić information content (AvgIpc) is 2.64. The first-order chi connectivity index (χ1) is 13.8. The number of ether oxygens (including phenoxy) is 2. The van der Waals surface area contributed by atoms with Crippen molar-refractivity contribution in [3.8, 4) is 0 Å². The van der Waals surface area contributed by atoms with E-state index in [-0.39, 0.29) is 0 Å². The van der Waals surface area contributed by atoms with Gasteiger partial charge >= 0.3 is 6.09 Å². The number of benzene rings is 1. The monoisotopic (exact) mass is 406 g/mol. The Kier molecular flexibility index (Phi) is 11.8. The molecule has 0 saturated carbocycles. The predicted octanol–water partition coefficient (Wildman–Crippen LogP) is 3.95. The van der Waals surface area contributed by atoms with Crippen LogP contribution in [-0.4, -0.2) is 51.0 Å². The molecule has 0 spiro atoms. The SMILES string of the molecule is CCNC(=NCCCCCOC)NCCc1ccc(NC(=O)OC(C)(C)C)cc1. The second-order valence-electron chi connectivity index (χ2n) is 7.81. The highest BCUT2D eigenvalue weighted by Crippen LogP contribution is 2.13. The fourth-order valence-corrected chi connectivity index (χ4v) is 2.57. The summed E-state index contributed by atoms with van der Waals surface area (Å²) in [5.74, 6) is 0.849. The third-order valence-electron chi connectivity index (χ3n) is 3.93. The van der Waals surface area contributed by atoms with Gasteiger partial charge in [0.25, 0.3) is 0 Å². The predicted molar refractivity (Wildman–Crippen MR) is 120 cm³/mol. The van der Waals surface area contributed by atoms with Gasteiger partial charge in [-0.1, -0.05) is 12.1 Å². The standard InChI is InChI=1S/C22H38N4O3/c1-6-23-20(24-15-8-7-9-17-28-5)25-16-14-18-10-12-19(13-11-18)26-21(27)29-22(2,3)4/h10-13H,6-9,14-17H2,1-5H3,(H,26,27)(H2,23,24,25). The zero-order chi connectivity index (χ0) is 21.5. The van der Waals surface area contributed by atoms with E-state index < -0.39 is 11.7 Å². The highest BCUT2D eigenvalue weighted by atomic mass is 16.6. The van der Waals surface area contributed by atoms with Gasteiger partial charge in [-0.2, -0.15) is 0 Å². The summed E-state index contributed by atoms with van der Waals surface area (Å²) in [6.45, 7) is 10.8. The maximum absolute atomic E-state index is 11.8. The van der Waals surface area contributed by atoms with E-state index in [2.05, 4.69) is 27.9 Å². The lowest BCUT2D eigenvalue weighted by Gasteiger charge is -2.19. The van der Waals surface area contributed by atoms with E-state index in [9.17, 15) is 4.79 Å². The number of guanidine groups is 1. The van der Waals surface area contributed by atoms with Crippen molar-refractivity contribution in [3.63, 3.8) is 0 Å². The number of amides is 1. The molecule has 7 heteroatoms. The molecule has 0 aromatic heterocycles. The summed E-state index contributed by atoms with van der Waals surface area (Å²) in [4.78, 5) is 16.4. The lowest BCUT2D eigenvalue weighted by molar-refractivity contribution is 0.0636. The number of rotatable bonds is 11. The van der Waals surface area contributed by atoms with Crippen molar-refractivity contribution in [2.75, 3.05) is 38.7 Å². The Labute approximate surface area is 175 Å². The van der Waals surface area contributed by atoms with Crippen LogP contribution < -0.4 is 16.0 Å². The van der Waals surface area contributed by atoms with E-state index in [1.165, 1.54) is 5.56 Å². The molecule has 1 rings (SSSR count). The van der Waals surface area contributed by atoms with Crippen molar-refractivity contribution in [3.05, 3.63) is 29.8 Å². The summed E-state index contributed by atoms with van der Waals surface area (Å²) in [6.07, 6.45) is 3.69.